The van der Waals surface area contributed by atoms with Crippen LogP contribution in [0, 0.1) is 0 Å². The van der Waals surface area contributed by atoms with Gasteiger partial charge >= 0.3 is 0 Å². The van der Waals surface area contributed by atoms with Crippen LogP contribution < -0.4 is 18.9 Å². The highest BCUT2D eigenvalue weighted by molar-refractivity contribution is 6.33. The van der Waals surface area contributed by atoms with E-state index in [2.05, 4.69) is 284 Å². The Morgan fingerprint density at radius 3 is 0.820 bits per heavy atom. The Bertz CT molecular complexity index is 5610. The molecule has 5 heterocycles. The molecule has 8 heteroatoms. The fraction of sp³-hybridized carbons (Fsp3) is 0.174. The van der Waals surface area contributed by atoms with E-state index in [1.165, 1.54) is 22.3 Å². The van der Waals surface area contributed by atoms with Crippen molar-refractivity contribution in [2.24, 2.45) is 0 Å². The fourth-order valence-electron chi connectivity index (χ4n) is 15.8. The first-order valence-electron chi connectivity index (χ1n) is 35.0. The minimum absolute atomic E-state index is 0.319. The molecule has 0 saturated heterocycles. The van der Waals surface area contributed by atoms with Crippen LogP contribution in [0.3, 0.4) is 0 Å². The third-order valence-electron chi connectivity index (χ3n) is 21.3. The average molecular weight is 1300 g/mol. The molecule has 490 valence electrons. The highest BCUT2D eigenvalue weighted by atomic mass is 16.5. The molecule has 0 amide bonds. The summed E-state index contributed by atoms with van der Waals surface area (Å²) in [7, 11) is 7.00. The molecule has 0 unspecified atom stereocenters. The van der Waals surface area contributed by atoms with Crippen LogP contribution in [0.5, 0.6) is 23.0 Å². The summed E-state index contributed by atoms with van der Waals surface area (Å²) in [5.74, 6) is 4.43. The van der Waals surface area contributed by atoms with E-state index in [0.717, 1.165) is 199 Å². The van der Waals surface area contributed by atoms with Gasteiger partial charge in [0.15, 0.2) is 0 Å². The summed E-state index contributed by atoms with van der Waals surface area (Å²) in [5.41, 5.74) is 20.1. The Kier molecular flexibility index (Phi) is 15.0. The fourth-order valence-corrected chi connectivity index (χ4v) is 15.8. The number of benzene rings is 12. The quantitative estimate of drug-likeness (QED) is 0.118. The Morgan fingerprint density at radius 2 is 0.530 bits per heavy atom. The van der Waals surface area contributed by atoms with Gasteiger partial charge in [0, 0.05) is 49.2 Å². The molecule has 0 aliphatic carbocycles. The first kappa shape index (κ1) is 62.1. The lowest BCUT2D eigenvalue weighted by atomic mass is 9.91. The van der Waals surface area contributed by atoms with Gasteiger partial charge in [-0.25, -0.2) is 9.97 Å². The number of hydrogen-bond acceptors (Lipinski definition) is 6. The van der Waals surface area contributed by atoms with Gasteiger partial charge in [0.25, 0.3) is 0 Å². The number of aromatic nitrogens is 4. The van der Waals surface area contributed by atoms with Gasteiger partial charge in [0.2, 0.25) is 0 Å². The molecule has 100 heavy (non-hydrogen) atoms. The van der Waals surface area contributed by atoms with E-state index < -0.39 is 0 Å². The van der Waals surface area contributed by atoms with Gasteiger partial charge < -0.3 is 28.9 Å². The Labute approximate surface area is 582 Å². The van der Waals surface area contributed by atoms with Crippen molar-refractivity contribution in [2.75, 3.05) is 28.4 Å². The number of aromatic amines is 2. The number of hydrogen-bond donors (Lipinski definition) is 2. The van der Waals surface area contributed by atoms with Crippen molar-refractivity contribution in [3.63, 3.8) is 0 Å². The zero-order valence-corrected chi connectivity index (χ0v) is 58.6. The Balaban J connectivity index is 1.15. The monoisotopic (exact) mass is 1300 g/mol. The molecule has 0 spiro atoms. The van der Waals surface area contributed by atoms with Gasteiger partial charge in [0.05, 0.1) is 73.3 Å². The Hall–Kier alpha value is -11.5. The molecule has 15 aromatic rings. The summed E-state index contributed by atoms with van der Waals surface area (Å²) < 4.78 is 24.4. The normalized spacial score (nSPS) is 12.5. The zero-order chi connectivity index (χ0) is 68.5. The van der Waals surface area contributed by atoms with Crippen molar-refractivity contribution in [1.29, 1.82) is 0 Å². The third kappa shape index (κ3) is 10.0. The average Bonchev–Trinajstić information content (AvgIpc) is 1.44. The second kappa shape index (κ2) is 24.2. The predicted octanol–water partition coefficient (Wildman–Crippen LogP) is 25.1. The molecule has 2 N–H and O–H groups in total. The van der Waals surface area contributed by atoms with Crippen LogP contribution in [0.1, 0.15) is 124 Å². The van der Waals surface area contributed by atoms with Crippen molar-refractivity contribution in [2.45, 2.75) is 79.1 Å². The van der Waals surface area contributed by atoms with Crippen LogP contribution in [0.15, 0.2) is 194 Å². The van der Waals surface area contributed by atoms with Gasteiger partial charge in [-0.2, -0.15) is 0 Å². The third-order valence-corrected chi connectivity index (χ3v) is 21.3. The molecule has 2 aliphatic rings. The number of methoxy groups -OCH3 is 4. The largest absolute Gasteiger partial charge is 0.497 e. The lowest BCUT2D eigenvalue weighted by Gasteiger charge is -2.15. The lowest BCUT2D eigenvalue weighted by molar-refractivity contribution is 0.415. The summed E-state index contributed by atoms with van der Waals surface area (Å²) in [5, 5.41) is 17.2. The van der Waals surface area contributed by atoms with Crippen molar-refractivity contribution >= 4 is 133 Å². The van der Waals surface area contributed by atoms with Crippen molar-refractivity contribution < 1.29 is 18.9 Å². The van der Waals surface area contributed by atoms with E-state index in [-0.39, 0.29) is 0 Å². The van der Waals surface area contributed by atoms with E-state index in [9.17, 15) is 0 Å². The topological polar surface area (TPSA) is 94.3 Å². The van der Waals surface area contributed by atoms with Gasteiger partial charge in [-0.1, -0.05) is 177 Å². The summed E-state index contributed by atoms with van der Waals surface area (Å²) in [6, 6.07) is 72.0. The summed E-state index contributed by atoms with van der Waals surface area (Å²) >= 11 is 0. The minimum atomic E-state index is 0.319. The van der Waals surface area contributed by atoms with E-state index in [1.54, 1.807) is 28.4 Å². The van der Waals surface area contributed by atoms with E-state index >= 15 is 0 Å². The van der Waals surface area contributed by atoms with Crippen LogP contribution >= 0.6 is 0 Å². The lowest BCUT2D eigenvalue weighted by Crippen LogP contribution is -1.92. The molecule has 0 atom stereocenters. The zero-order valence-electron chi connectivity index (χ0n) is 58.6. The molecule has 2 aliphatic heterocycles. The molecule has 0 radical (unpaired) electrons. The van der Waals surface area contributed by atoms with Crippen molar-refractivity contribution in [3.8, 4) is 67.5 Å². The molecule has 0 saturated carbocycles. The van der Waals surface area contributed by atoms with Crippen LogP contribution in [0.25, 0.3) is 177 Å². The van der Waals surface area contributed by atoms with Crippen LogP contribution in [0.4, 0.5) is 0 Å². The number of H-pyrrole nitrogens is 2. The first-order valence-corrected chi connectivity index (χ1v) is 35.0. The number of rotatable bonds is 12. The molecule has 8 nitrogen and oxygen atoms in total. The van der Waals surface area contributed by atoms with Crippen LogP contribution in [-0.2, 0) is 0 Å². The molecular weight excluding hydrogens is 1230 g/mol. The maximum Gasteiger partial charge on any atom is 0.127 e. The van der Waals surface area contributed by atoms with Gasteiger partial charge in [-0.3, -0.25) is 0 Å². The smallest absolute Gasteiger partial charge is 0.127 e. The summed E-state index contributed by atoms with van der Waals surface area (Å²) in [6.07, 6.45) is 8.96. The SMILES string of the molecule is COc1ccc2c3ccc(OC)cc3c3cc4c5[nH]c(c(-c6ccc(C(C)C)cc6)c6nc(c(-c7ccc(C(C)C)cc7)c7[nH]c(c(-c8ccc(C(C)C)cc8)c8nc(c5-c5ccc(C(C)C)cc5)C=C8)c5cc8c(cc75)c5cc(OC)ccc5c5c(OC)cccc85)C=C6)c4cc3c2c1. The van der Waals surface area contributed by atoms with E-state index in [0.29, 0.717) is 23.7 Å². The highest BCUT2D eigenvalue weighted by Gasteiger charge is 2.27. The van der Waals surface area contributed by atoms with Crippen LogP contribution in [-0.4, -0.2) is 48.4 Å². The summed E-state index contributed by atoms with van der Waals surface area (Å²) in [6.45, 7) is 18.1. The van der Waals surface area contributed by atoms with Crippen molar-refractivity contribution in [3.05, 3.63) is 239 Å². The number of nitrogens with zero attached hydrogens (tertiary/aromatic N) is 2. The maximum atomic E-state index is 6.26. The molecule has 3 aromatic heterocycles. The molecular formula is C92H78N4O4. The number of ether oxygens (including phenoxy) is 4. The van der Waals surface area contributed by atoms with Gasteiger partial charge in [0.1, 0.15) is 23.0 Å². The standard InChI is InChI=1S/C92H78N4O4/c1-49(2)53-16-24-57(25-17-53)84-79-38-39-80(93-79)85(58-26-18-54(19-27-58)50(3)4)90-76-46-72-68-42-61(97-9)32-35-64(68)65-36-33-62(98-10)43-69(65)73(72)47-77(76)91(96-90)86(59-28-20-55(21-29-59)51(5)6)81-40-41-82(94-81)87(60-30-22-56(23-31-60)52(7)8)92-78-48-74-70-44-63(99-11)34-37-67(70)88-66(14-13-15-83(88)100-12)71(74)45-75(78)89(84)95-92/h13-52,95-96H,1-12H3. The molecule has 8 bridgehead atoms. The van der Waals surface area contributed by atoms with Crippen molar-refractivity contribution in [1.82, 2.24) is 19.9 Å². The Morgan fingerprint density at radius 1 is 0.260 bits per heavy atom. The molecule has 17 rings (SSSR count). The second-order valence-electron chi connectivity index (χ2n) is 28.3. The first-order chi connectivity index (χ1) is 48.7. The number of nitrogens with one attached hydrogen (secondary N) is 2. The minimum Gasteiger partial charge on any atom is -0.497 e. The van der Waals surface area contributed by atoms with E-state index in [4.69, 9.17) is 28.9 Å². The maximum absolute atomic E-state index is 6.26. The summed E-state index contributed by atoms with van der Waals surface area (Å²) in [4.78, 5) is 20.8. The van der Waals surface area contributed by atoms with Gasteiger partial charge in [-0.15, -0.1) is 0 Å². The predicted molar refractivity (Wildman–Crippen MR) is 423 cm³/mol. The van der Waals surface area contributed by atoms with Crippen LogP contribution in [0.2, 0.25) is 0 Å². The number of fused-ring (bicyclic) bond motifs is 26. The second-order valence-corrected chi connectivity index (χ2v) is 28.3. The molecule has 0 fully saturated rings. The van der Waals surface area contributed by atoms with Gasteiger partial charge in [-0.05, 0) is 225 Å². The highest BCUT2D eigenvalue weighted by Crippen LogP contribution is 2.50. The van der Waals surface area contributed by atoms with E-state index in [1.807, 2.05) is 0 Å². The molecule has 12 aromatic carbocycles.